The van der Waals surface area contributed by atoms with Gasteiger partial charge in [-0.05, 0) is 12.8 Å². The zero-order chi connectivity index (χ0) is 12.8. The number of halogens is 1. The van der Waals surface area contributed by atoms with Crippen LogP contribution in [-0.2, 0) is 4.79 Å². The van der Waals surface area contributed by atoms with Gasteiger partial charge in [0.1, 0.15) is 0 Å². The van der Waals surface area contributed by atoms with Gasteiger partial charge >= 0.3 is 0 Å². The van der Waals surface area contributed by atoms with Gasteiger partial charge in [-0.15, -0.1) is 19.0 Å². The molecule has 1 spiro atoms. The van der Waals surface area contributed by atoms with E-state index in [-0.39, 0.29) is 23.9 Å². The van der Waals surface area contributed by atoms with Crippen molar-refractivity contribution in [2.24, 2.45) is 0 Å². The van der Waals surface area contributed by atoms with Crippen LogP contribution in [0.3, 0.4) is 0 Å². The summed E-state index contributed by atoms with van der Waals surface area (Å²) >= 11 is 0. The van der Waals surface area contributed by atoms with Crippen molar-refractivity contribution < 1.29 is 4.79 Å². The maximum Gasteiger partial charge on any atom is 0.234 e. The first-order valence-electron chi connectivity index (χ1n) is 7.10. The molecule has 4 nitrogen and oxygen atoms in total. The smallest absolute Gasteiger partial charge is 0.234 e. The molecule has 0 unspecified atom stereocenters. The third kappa shape index (κ3) is 4.20. The van der Waals surface area contributed by atoms with E-state index in [0.29, 0.717) is 13.1 Å². The highest BCUT2D eigenvalue weighted by Gasteiger charge is 2.40. The predicted octanol–water partition coefficient (Wildman–Crippen LogP) is 1.32. The van der Waals surface area contributed by atoms with Gasteiger partial charge in [-0.25, -0.2) is 0 Å². The number of amides is 1. The van der Waals surface area contributed by atoms with E-state index in [9.17, 15) is 4.79 Å². The lowest BCUT2D eigenvalue weighted by atomic mass is 9.79. The molecule has 0 aromatic heterocycles. The molecule has 2 rings (SSSR count). The monoisotopic (exact) mass is 287 g/mol. The number of nitrogens with one attached hydrogen (secondary N) is 2. The Morgan fingerprint density at radius 3 is 2.79 bits per heavy atom. The lowest BCUT2D eigenvalue weighted by molar-refractivity contribution is -0.124. The van der Waals surface area contributed by atoms with E-state index in [4.69, 9.17) is 0 Å². The molecule has 110 valence electrons. The fourth-order valence-electron chi connectivity index (χ4n) is 3.25. The molecular formula is C14H26ClN3O. The third-order valence-electron chi connectivity index (χ3n) is 4.25. The maximum absolute atomic E-state index is 11.9. The van der Waals surface area contributed by atoms with Gasteiger partial charge in [0.05, 0.1) is 6.54 Å². The Morgan fingerprint density at radius 1 is 1.37 bits per heavy atom. The van der Waals surface area contributed by atoms with Crippen molar-refractivity contribution in [3.05, 3.63) is 12.7 Å². The lowest BCUT2D eigenvalue weighted by Crippen LogP contribution is -2.63. The molecule has 2 N–H and O–H groups in total. The van der Waals surface area contributed by atoms with E-state index in [1.165, 1.54) is 32.1 Å². The Balaban J connectivity index is 0.00000180. The van der Waals surface area contributed by atoms with Crippen molar-refractivity contribution in [1.82, 2.24) is 15.5 Å². The first kappa shape index (κ1) is 16.5. The Kier molecular flexibility index (Phi) is 6.83. The predicted molar refractivity (Wildman–Crippen MR) is 80.7 cm³/mol. The minimum atomic E-state index is 0. The maximum atomic E-state index is 11.9. The number of hydrogen-bond donors (Lipinski definition) is 2. The van der Waals surface area contributed by atoms with Crippen LogP contribution in [-0.4, -0.2) is 49.1 Å². The molecule has 0 radical (unpaired) electrons. The molecule has 2 fully saturated rings. The first-order chi connectivity index (χ1) is 8.77. The van der Waals surface area contributed by atoms with Gasteiger partial charge in [-0.1, -0.05) is 25.3 Å². The average Bonchev–Trinajstić information content (AvgIpc) is 2.40. The quantitative estimate of drug-likeness (QED) is 0.767. The van der Waals surface area contributed by atoms with E-state index in [2.05, 4.69) is 22.1 Å². The summed E-state index contributed by atoms with van der Waals surface area (Å²) in [5.74, 6) is 0.127. The van der Waals surface area contributed by atoms with E-state index < -0.39 is 0 Å². The summed E-state index contributed by atoms with van der Waals surface area (Å²) in [5.41, 5.74) is 0.238. The fourth-order valence-corrected chi connectivity index (χ4v) is 3.25. The second-order valence-corrected chi connectivity index (χ2v) is 5.48. The lowest BCUT2D eigenvalue weighted by Gasteiger charge is -2.49. The summed E-state index contributed by atoms with van der Waals surface area (Å²) < 4.78 is 0. The normalized spacial score (nSPS) is 22.5. The highest BCUT2D eigenvalue weighted by Crippen LogP contribution is 2.34. The van der Waals surface area contributed by atoms with Gasteiger partial charge in [0.2, 0.25) is 5.91 Å². The van der Waals surface area contributed by atoms with Crippen LogP contribution in [0, 0.1) is 0 Å². The highest BCUT2D eigenvalue weighted by molar-refractivity contribution is 5.85. The molecule has 0 bridgehead atoms. The van der Waals surface area contributed by atoms with Crippen LogP contribution < -0.4 is 10.6 Å². The minimum absolute atomic E-state index is 0. The number of carbonyl (C=O) groups is 1. The molecule has 2 aliphatic rings. The second kappa shape index (κ2) is 7.88. The van der Waals surface area contributed by atoms with Crippen LogP contribution in [0.4, 0.5) is 0 Å². The third-order valence-corrected chi connectivity index (χ3v) is 4.25. The van der Waals surface area contributed by atoms with Crippen LogP contribution >= 0.6 is 12.4 Å². The number of nitrogens with zero attached hydrogens (tertiary/aromatic N) is 1. The molecule has 1 aliphatic carbocycles. The van der Waals surface area contributed by atoms with Gasteiger partial charge in [0.15, 0.2) is 0 Å². The van der Waals surface area contributed by atoms with Gasteiger partial charge in [0.25, 0.3) is 0 Å². The number of piperazine rings is 1. The molecule has 0 aromatic rings. The molecule has 5 heteroatoms. The number of carbonyl (C=O) groups excluding carboxylic acids is 1. The fraction of sp³-hybridized carbons (Fsp3) is 0.786. The molecule has 1 heterocycles. The van der Waals surface area contributed by atoms with Crippen LogP contribution in [0.15, 0.2) is 12.7 Å². The number of hydrogen-bond acceptors (Lipinski definition) is 3. The van der Waals surface area contributed by atoms with Crippen LogP contribution in [0.1, 0.15) is 32.1 Å². The summed E-state index contributed by atoms with van der Waals surface area (Å²) in [7, 11) is 0. The van der Waals surface area contributed by atoms with E-state index in [1.807, 2.05) is 0 Å². The molecule has 19 heavy (non-hydrogen) atoms. The average molecular weight is 288 g/mol. The molecule has 0 atom stereocenters. The molecule has 0 aromatic carbocycles. The zero-order valence-electron chi connectivity index (χ0n) is 11.6. The molecule has 1 saturated carbocycles. The molecule has 1 amide bonds. The largest absolute Gasteiger partial charge is 0.352 e. The second-order valence-electron chi connectivity index (χ2n) is 5.48. The SMILES string of the molecule is C=CCNC(=O)CN1CCNCC12CCCCC2.Cl. The van der Waals surface area contributed by atoms with E-state index in [0.717, 1.165) is 19.6 Å². The Labute approximate surface area is 122 Å². The minimum Gasteiger partial charge on any atom is -0.352 e. The van der Waals surface area contributed by atoms with Gasteiger partial charge < -0.3 is 10.6 Å². The molecule has 1 aliphatic heterocycles. The topological polar surface area (TPSA) is 44.4 Å². The van der Waals surface area contributed by atoms with Crippen LogP contribution in [0.5, 0.6) is 0 Å². The zero-order valence-corrected chi connectivity index (χ0v) is 12.4. The van der Waals surface area contributed by atoms with Gasteiger partial charge in [0, 0.05) is 31.7 Å². The van der Waals surface area contributed by atoms with E-state index >= 15 is 0 Å². The van der Waals surface area contributed by atoms with Crippen molar-refractivity contribution in [1.29, 1.82) is 0 Å². The summed E-state index contributed by atoms with van der Waals surface area (Å²) in [4.78, 5) is 14.3. The van der Waals surface area contributed by atoms with E-state index in [1.54, 1.807) is 6.08 Å². The molecule has 1 saturated heterocycles. The van der Waals surface area contributed by atoms with Crippen molar-refractivity contribution in [3.63, 3.8) is 0 Å². The molecular weight excluding hydrogens is 262 g/mol. The van der Waals surface area contributed by atoms with Crippen molar-refractivity contribution in [2.75, 3.05) is 32.7 Å². The standard InChI is InChI=1S/C14H25N3O.ClH/c1-2-8-16-13(18)11-17-10-9-15-12-14(17)6-4-3-5-7-14;/h2,15H,1,3-12H2,(H,16,18);1H. The van der Waals surface area contributed by atoms with Crippen LogP contribution in [0.25, 0.3) is 0 Å². The first-order valence-corrected chi connectivity index (χ1v) is 7.10. The summed E-state index contributed by atoms with van der Waals surface area (Å²) in [5, 5.41) is 6.38. The summed E-state index contributed by atoms with van der Waals surface area (Å²) in [6, 6.07) is 0. The van der Waals surface area contributed by atoms with Crippen molar-refractivity contribution >= 4 is 18.3 Å². The number of rotatable bonds is 4. The van der Waals surface area contributed by atoms with Crippen LogP contribution in [0.2, 0.25) is 0 Å². The summed E-state index contributed by atoms with van der Waals surface area (Å²) in [6.07, 6.45) is 8.13. The highest BCUT2D eigenvalue weighted by atomic mass is 35.5. The van der Waals surface area contributed by atoms with Crippen molar-refractivity contribution in [3.8, 4) is 0 Å². The Bertz CT molecular complexity index is 295. The summed E-state index contributed by atoms with van der Waals surface area (Å²) in [6.45, 7) is 7.76. The Hall–Kier alpha value is -0.580. The van der Waals surface area contributed by atoms with Crippen molar-refractivity contribution in [2.45, 2.75) is 37.6 Å². The van der Waals surface area contributed by atoms with Gasteiger partial charge in [-0.3, -0.25) is 9.69 Å². The van der Waals surface area contributed by atoms with Gasteiger partial charge in [-0.2, -0.15) is 0 Å². The Morgan fingerprint density at radius 2 is 2.11 bits per heavy atom.